The molecule has 1 N–H and O–H groups in total. The molecule has 0 radical (unpaired) electrons. The lowest BCUT2D eigenvalue weighted by Crippen LogP contribution is -2.27. The average molecular weight is 267 g/mol. The van der Waals surface area contributed by atoms with Crippen LogP contribution >= 0.6 is 0 Å². The van der Waals surface area contributed by atoms with Gasteiger partial charge in [-0.15, -0.1) is 0 Å². The van der Waals surface area contributed by atoms with Crippen molar-refractivity contribution in [2.75, 3.05) is 33.4 Å². The lowest BCUT2D eigenvalue weighted by Gasteiger charge is -2.21. The molecule has 1 heterocycles. The van der Waals surface area contributed by atoms with E-state index in [1.54, 1.807) is 13.2 Å². The Morgan fingerprint density at radius 3 is 3.11 bits per heavy atom. The third-order valence-corrected chi connectivity index (χ3v) is 3.65. The van der Waals surface area contributed by atoms with Gasteiger partial charge in [0.1, 0.15) is 5.82 Å². The van der Waals surface area contributed by atoms with Crippen LogP contribution in [0, 0.1) is 18.7 Å². The first-order chi connectivity index (χ1) is 9.22. The van der Waals surface area contributed by atoms with E-state index < -0.39 is 0 Å². The molecule has 0 aromatic heterocycles. The summed E-state index contributed by atoms with van der Waals surface area (Å²) in [7, 11) is 1.69. The van der Waals surface area contributed by atoms with Gasteiger partial charge in [0.25, 0.3) is 0 Å². The van der Waals surface area contributed by atoms with Crippen molar-refractivity contribution in [2.45, 2.75) is 19.4 Å². The highest BCUT2D eigenvalue weighted by atomic mass is 19.1. The van der Waals surface area contributed by atoms with Gasteiger partial charge >= 0.3 is 0 Å². The molecular weight excluding hydrogens is 245 g/mol. The second kappa shape index (κ2) is 6.98. The Hall–Kier alpha value is -0.970. The van der Waals surface area contributed by atoms with Gasteiger partial charge in [0.15, 0.2) is 0 Å². The Balaban J connectivity index is 1.99. The molecule has 1 fully saturated rings. The molecule has 2 unspecified atom stereocenters. The van der Waals surface area contributed by atoms with Crippen molar-refractivity contribution >= 4 is 0 Å². The largest absolute Gasteiger partial charge is 0.383 e. The number of ether oxygens (including phenoxy) is 2. The number of aryl methyl sites for hydroxylation is 1. The summed E-state index contributed by atoms with van der Waals surface area (Å²) in [6, 6.07) is 4.93. The summed E-state index contributed by atoms with van der Waals surface area (Å²) in [5, 5.41) is 3.36. The minimum Gasteiger partial charge on any atom is -0.383 e. The molecule has 1 aliphatic rings. The average Bonchev–Trinajstić information content (AvgIpc) is 2.86. The summed E-state index contributed by atoms with van der Waals surface area (Å²) in [4.78, 5) is 0. The Bertz CT molecular complexity index is 411. The van der Waals surface area contributed by atoms with Crippen LogP contribution in [0.25, 0.3) is 0 Å². The Morgan fingerprint density at radius 1 is 1.47 bits per heavy atom. The molecule has 3 nitrogen and oxygen atoms in total. The van der Waals surface area contributed by atoms with Crippen LogP contribution in [0.15, 0.2) is 18.2 Å². The van der Waals surface area contributed by atoms with Gasteiger partial charge in [0.2, 0.25) is 0 Å². The molecule has 2 atom stereocenters. The van der Waals surface area contributed by atoms with Crippen molar-refractivity contribution in [3.05, 3.63) is 35.1 Å². The SMILES string of the molecule is COCCNCC1CCOC1c1cc(F)ccc1C. The fourth-order valence-electron chi connectivity index (χ4n) is 2.57. The minimum absolute atomic E-state index is 0.00532. The van der Waals surface area contributed by atoms with Crippen molar-refractivity contribution in [1.82, 2.24) is 5.32 Å². The summed E-state index contributed by atoms with van der Waals surface area (Å²) in [5.41, 5.74) is 2.08. The highest BCUT2D eigenvalue weighted by molar-refractivity contribution is 5.29. The number of hydrogen-bond acceptors (Lipinski definition) is 3. The predicted molar refractivity (Wildman–Crippen MR) is 72.7 cm³/mol. The zero-order valence-corrected chi connectivity index (χ0v) is 11.6. The molecular formula is C15H22FNO2. The van der Waals surface area contributed by atoms with Gasteiger partial charge in [-0.3, -0.25) is 0 Å². The maximum absolute atomic E-state index is 13.4. The van der Waals surface area contributed by atoms with Crippen LogP contribution in [-0.2, 0) is 9.47 Å². The van der Waals surface area contributed by atoms with E-state index >= 15 is 0 Å². The molecule has 19 heavy (non-hydrogen) atoms. The molecule has 1 aromatic rings. The molecule has 4 heteroatoms. The summed E-state index contributed by atoms with van der Waals surface area (Å²) < 4.78 is 24.2. The van der Waals surface area contributed by atoms with Crippen LogP contribution in [0.2, 0.25) is 0 Å². The summed E-state index contributed by atoms with van der Waals surface area (Å²) in [6.07, 6.45) is 1.02. The number of rotatable bonds is 6. The zero-order chi connectivity index (χ0) is 13.7. The van der Waals surface area contributed by atoms with Crippen LogP contribution in [0.3, 0.4) is 0 Å². The summed E-state index contributed by atoms with van der Waals surface area (Å²) in [6.45, 7) is 5.17. The van der Waals surface area contributed by atoms with Crippen LogP contribution in [-0.4, -0.2) is 33.4 Å². The fraction of sp³-hybridized carbons (Fsp3) is 0.600. The third kappa shape index (κ3) is 3.75. The van der Waals surface area contributed by atoms with E-state index in [0.717, 1.165) is 37.2 Å². The molecule has 0 spiro atoms. The van der Waals surface area contributed by atoms with E-state index in [4.69, 9.17) is 9.47 Å². The van der Waals surface area contributed by atoms with Crippen molar-refractivity contribution < 1.29 is 13.9 Å². The van der Waals surface area contributed by atoms with E-state index in [9.17, 15) is 4.39 Å². The second-order valence-corrected chi connectivity index (χ2v) is 5.04. The van der Waals surface area contributed by atoms with E-state index in [0.29, 0.717) is 12.5 Å². The summed E-state index contributed by atoms with van der Waals surface area (Å²) in [5.74, 6) is 0.208. The van der Waals surface area contributed by atoms with Crippen LogP contribution in [0.5, 0.6) is 0 Å². The topological polar surface area (TPSA) is 30.5 Å². The zero-order valence-electron chi connectivity index (χ0n) is 11.6. The minimum atomic E-state index is -0.192. The molecule has 106 valence electrons. The van der Waals surface area contributed by atoms with Crippen LogP contribution in [0.4, 0.5) is 4.39 Å². The first-order valence-electron chi connectivity index (χ1n) is 6.79. The van der Waals surface area contributed by atoms with Gasteiger partial charge in [-0.2, -0.15) is 0 Å². The van der Waals surface area contributed by atoms with Gasteiger partial charge in [-0.25, -0.2) is 4.39 Å². The predicted octanol–water partition coefficient (Wildman–Crippen LogP) is 2.45. The summed E-state index contributed by atoms with van der Waals surface area (Å²) >= 11 is 0. The molecule has 1 aliphatic heterocycles. The van der Waals surface area contributed by atoms with Crippen LogP contribution in [0.1, 0.15) is 23.7 Å². The first-order valence-corrected chi connectivity index (χ1v) is 6.79. The Labute approximate surface area is 114 Å². The molecule has 0 bridgehead atoms. The fourth-order valence-corrected chi connectivity index (χ4v) is 2.57. The Kier molecular flexibility index (Phi) is 5.31. The molecule has 1 aromatic carbocycles. The van der Waals surface area contributed by atoms with E-state index in [1.807, 2.05) is 13.0 Å². The van der Waals surface area contributed by atoms with Crippen molar-refractivity contribution in [3.8, 4) is 0 Å². The first kappa shape index (κ1) is 14.4. The van der Waals surface area contributed by atoms with E-state index in [1.165, 1.54) is 6.07 Å². The van der Waals surface area contributed by atoms with E-state index in [2.05, 4.69) is 5.32 Å². The second-order valence-electron chi connectivity index (χ2n) is 5.04. The van der Waals surface area contributed by atoms with Gasteiger partial charge in [-0.1, -0.05) is 6.07 Å². The van der Waals surface area contributed by atoms with Crippen LogP contribution < -0.4 is 5.32 Å². The van der Waals surface area contributed by atoms with Gasteiger partial charge in [-0.05, 0) is 36.6 Å². The third-order valence-electron chi connectivity index (χ3n) is 3.65. The number of halogens is 1. The maximum Gasteiger partial charge on any atom is 0.123 e. The molecule has 0 saturated carbocycles. The monoisotopic (exact) mass is 267 g/mol. The number of methoxy groups -OCH3 is 1. The maximum atomic E-state index is 13.4. The highest BCUT2D eigenvalue weighted by Gasteiger charge is 2.30. The smallest absolute Gasteiger partial charge is 0.123 e. The molecule has 2 rings (SSSR count). The number of nitrogens with one attached hydrogen (secondary N) is 1. The number of hydrogen-bond donors (Lipinski definition) is 1. The van der Waals surface area contributed by atoms with Gasteiger partial charge in [0, 0.05) is 32.7 Å². The normalized spacial score (nSPS) is 22.9. The lowest BCUT2D eigenvalue weighted by atomic mass is 9.92. The van der Waals surface area contributed by atoms with Crippen molar-refractivity contribution in [2.24, 2.45) is 5.92 Å². The van der Waals surface area contributed by atoms with Gasteiger partial charge < -0.3 is 14.8 Å². The Morgan fingerprint density at radius 2 is 2.32 bits per heavy atom. The molecule has 0 aliphatic carbocycles. The number of benzene rings is 1. The quantitative estimate of drug-likeness (QED) is 0.803. The van der Waals surface area contributed by atoms with Crippen molar-refractivity contribution in [1.29, 1.82) is 0 Å². The van der Waals surface area contributed by atoms with Crippen molar-refractivity contribution in [3.63, 3.8) is 0 Å². The highest BCUT2D eigenvalue weighted by Crippen LogP contribution is 2.35. The lowest BCUT2D eigenvalue weighted by molar-refractivity contribution is 0.0891. The molecule has 0 amide bonds. The standard InChI is InChI=1S/C15H22FNO2/c1-11-3-4-13(16)9-14(11)15-12(5-7-19-15)10-17-6-8-18-2/h3-4,9,12,15,17H,5-8,10H2,1-2H3. The van der Waals surface area contributed by atoms with Gasteiger partial charge in [0.05, 0.1) is 12.7 Å². The van der Waals surface area contributed by atoms with E-state index in [-0.39, 0.29) is 11.9 Å². The molecule has 1 saturated heterocycles.